The van der Waals surface area contributed by atoms with Gasteiger partial charge in [-0.3, -0.25) is 9.59 Å². The van der Waals surface area contributed by atoms with Crippen molar-refractivity contribution in [3.05, 3.63) is 58.3 Å². The number of benzene rings is 1. The van der Waals surface area contributed by atoms with Crippen molar-refractivity contribution in [2.24, 2.45) is 0 Å². The predicted molar refractivity (Wildman–Crippen MR) is 111 cm³/mol. The van der Waals surface area contributed by atoms with Crippen LogP contribution in [0.1, 0.15) is 45.3 Å². The number of amides is 2. The summed E-state index contributed by atoms with van der Waals surface area (Å²) in [6.07, 6.45) is 0.637. The molecule has 0 unspecified atom stereocenters. The highest BCUT2D eigenvalue weighted by atomic mass is 16.5. The number of hydrogen-bond acceptors (Lipinski definition) is 7. The third-order valence-electron chi connectivity index (χ3n) is 5.56. The Hall–Kier alpha value is -3.62. The largest absolute Gasteiger partial charge is 0.497 e. The van der Waals surface area contributed by atoms with Crippen LogP contribution in [0.3, 0.4) is 0 Å². The van der Waals surface area contributed by atoms with Gasteiger partial charge in [0.05, 0.1) is 18.8 Å². The van der Waals surface area contributed by atoms with Crippen molar-refractivity contribution >= 4 is 17.5 Å². The Morgan fingerprint density at radius 3 is 2.65 bits per heavy atom. The van der Waals surface area contributed by atoms with E-state index >= 15 is 0 Å². The predicted octanol–water partition coefficient (Wildman–Crippen LogP) is 2.72. The Labute approximate surface area is 179 Å². The minimum atomic E-state index is -0.371. The number of nitrogens with one attached hydrogen (secondary N) is 1. The van der Waals surface area contributed by atoms with Gasteiger partial charge in [0.2, 0.25) is 5.91 Å². The summed E-state index contributed by atoms with van der Waals surface area (Å²) in [4.78, 5) is 27.1. The van der Waals surface area contributed by atoms with E-state index in [9.17, 15) is 9.59 Å². The molecule has 1 aliphatic heterocycles. The van der Waals surface area contributed by atoms with Crippen LogP contribution in [0.2, 0.25) is 0 Å². The summed E-state index contributed by atoms with van der Waals surface area (Å²) in [6.45, 7) is 5.82. The van der Waals surface area contributed by atoms with Gasteiger partial charge in [0, 0.05) is 42.3 Å². The second-order valence-electron chi connectivity index (χ2n) is 7.63. The first-order valence-corrected chi connectivity index (χ1v) is 9.99. The Balaban J connectivity index is 1.49. The molecular formula is C22H24N4O5. The number of carbonyl (C=O) groups is 2. The summed E-state index contributed by atoms with van der Waals surface area (Å²) in [5, 5.41) is 10.8. The maximum absolute atomic E-state index is 13.0. The van der Waals surface area contributed by atoms with Gasteiger partial charge >= 0.3 is 0 Å². The number of aryl methyl sites for hydroxylation is 3. The van der Waals surface area contributed by atoms with Gasteiger partial charge in [-0.05, 0) is 32.9 Å². The van der Waals surface area contributed by atoms with Gasteiger partial charge < -0.3 is 24.0 Å². The Kier molecular flexibility index (Phi) is 5.50. The number of rotatable bonds is 6. The van der Waals surface area contributed by atoms with E-state index in [0.717, 1.165) is 16.9 Å². The standard InChI is InChI=1S/C22H24N4O5/c1-12-18(13(2)30-24-12)10-19-14(3)31-25-21(19)22(28)23-15-8-20(27)26(11-15)16-6-5-7-17(9-16)29-4/h5-7,9,15H,8,10-11H2,1-4H3,(H,23,28)/t15-/m0/s1. The van der Waals surface area contributed by atoms with Crippen molar-refractivity contribution in [2.45, 2.75) is 39.7 Å². The van der Waals surface area contributed by atoms with Crippen LogP contribution < -0.4 is 15.0 Å². The van der Waals surface area contributed by atoms with E-state index < -0.39 is 0 Å². The molecule has 0 saturated carbocycles. The molecule has 9 nitrogen and oxygen atoms in total. The smallest absolute Gasteiger partial charge is 0.274 e. The average Bonchev–Trinajstić information content (AvgIpc) is 3.41. The number of carbonyl (C=O) groups excluding carboxylic acids is 2. The fourth-order valence-corrected chi connectivity index (χ4v) is 3.79. The molecule has 31 heavy (non-hydrogen) atoms. The van der Waals surface area contributed by atoms with Gasteiger partial charge in [0.1, 0.15) is 17.3 Å². The van der Waals surface area contributed by atoms with Crippen LogP contribution in [0, 0.1) is 20.8 Å². The lowest BCUT2D eigenvalue weighted by molar-refractivity contribution is -0.117. The van der Waals surface area contributed by atoms with Crippen LogP contribution in [-0.2, 0) is 11.2 Å². The quantitative estimate of drug-likeness (QED) is 0.648. The highest BCUT2D eigenvalue weighted by molar-refractivity contribution is 5.99. The molecule has 0 radical (unpaired) electrons. The topological polar surface area (TPSA) is 111 Å². The minimum absolute atomic E-state index is 0.0640. The molecule has 2 aromatic heterocycles. The Morgan fingerprint density at radius 2 is 1.94 bits per heavy atom. The molecule has 3 heterocycles. The molecular weight excluding hydrogens is 400 g/mol. The van der Waals surface area contributed by atoms with E-state index in [4.69, 9.17) is 13.8 Å². The molecule has 1 aromatic carbocycles. The molecule has 9 heteroatoms. The van der Waals surface area contributed by atoms with Crippen molar-refractivity contribution < 1.29 is 23.4 Å². The normalized spacial score (nSPS) is 16.1. The molecule has 2 amide bonds. The SMILES string of the molecule is COc1cccc(N2C[C@@H](NC(=O)c3noc(C)c3Cc3c(C)noc3C)CC2=O)c1. The molecule has 0 spiro atoms. The molecule has 0 bridgehead atoms. The van der Waals surface area contributed by atoms with Gasteiger partial charge in [-0.15, -0.1) is 0 Å². The van der Waals surface area contributed by atoms with E-state index in [1.165, 1.54) is 0 Å². The zero-order valence-corrected chi connectivity index (χ0v) is 17.9. The number of methoxy groups -OCH3 is 1. The summed E-state index contributed by atoms with van der Waals surface area (Å²) in [5.41, 5.74) is 3.29. The fourth-order valence-electron chi connectivity index (χ4n) is 3.79. The molecule has 1 aliphatic rings. The molecule has 1 N–H and O–H groups in total. The summed E-state index contributed by atoms with van der Waals surface area (Å²) in [6, 6.07) is 6.94. The zero-order chi connectivity index (χ0) is 22.1. The molecule has 4 rings (SSSR count). The van der Waals surface area contributed by atoms with Crippen LogP contribution in [0.15, 0.2) is 33.3 Å². The monoisotopic (exact) mass is 424 g/mol. The van der Waals surface area contributed by atoms with Gasteiger partial charge in [-0.25, -0.2) is 0 Å². The van der Waals surface area contributed by atoms with Gasteiger partial charge in [-0.1, -0.05) is 16.4 Å². The summed E-state index contributed by atoms with van der Waals surface area (Å²) < 4.78 is 15.8. The Morgan fingerprint density at radius 1 is 1.19 bits per heavy atom. The molecule has 3 aromatic rings. The van der Waals surface area contributed by atoms with Crippen molar-refractivity contribution in [3.63, 3.8) is 0 Å². The number of anilines is 1. The lowest BCUT2D eigenvalue weighted by Gasteiger charge is -2.17. The van der Waals surface area contributed by atoms with Crippen LogP contribution in [0.5, 0.6) is 5.75 Å². The maximum atomic E-state index is 13.0. The minimum Gasteiger partial charge on any atom is -0.497 e. The lowest BCUT2D eigenvalue weighted by Crippen LogP contribution is -2.37. The first kappa shape index (κ1) is 20.6. The van der Waals surface area contributed by atoms with Crippen LogP contribution >= 0.6 is 0 Å². The van der Waals surface area contributed by atoms with E-state index in [2.05, 4.69) is 15.6 Å². The first-order valence-electron chi connectivity index (χ1n) is 9.99. The van der Waals surface area contributed by atoms with Crippen molar-refractivity contribution in [3.8, 4) is 5.75 Å². The zero-order valence-electron chi connectivity index (χ0n) is 17.9. The Bertz CT molecular complexity index is 1110. The van der Waals surface area contributed by atoms with Crippen LogP contribution in [-0.4, -0.2) is 41.8 Å². The van der Waals surface area contributed by atoms with E-state index in [0.29, 0.717) is 35.8 Å². The molecule has 0 aliphatic carbocycles. The highest BCUT2D eigenvalue weighted by Gasteiger charge is 2.33. The summed E-state index contributed by atoms with van der Waals surface area (Å²) >= 11 is 0. The third-order valence-corrected chi connectivity index (χ3v) is 5.56. The van der Waals surface area contributed by atoms with Crippen LogP contribution in [0.25, 0.3) is 0 Å². The maximum Gasteiger partial charge on any atom is 0.274 e. The first-order chi connectivity index (χ1) is 14.9. The van der Waals surface area contributed by atoms with Crippen LogP contribution in [0.4, 0.5) is 5.69 Å². The lowest BCUT2D eigenvalue weighted by atomic mass is 10.0. The van der Waals surface area contributed by atoms with Gasteiger partial charge in [0.25, 0.3) is 5.91 Å². The van der Waals surface area contributed by atoms with Crippen molar-refractivity contribution in [1.29, 1.82) is 0 Å². The molecule has 162 valence electrons. The fraction of sp³-hybridized carbons (Fsp3) is 0.364. The number of aromatic nitrogens is 2. The average molecular weight is 424 g/mol. The van der Waals surface area contributed by atoms with Crippen molar-refractivity contribution in [2.75, 3.05) is 18.6 Å². The van der Waals surface area contributed by atoms with E-state index in [1.807, 2.05) is 32.0 Å². The highest BCUT2D eigenvalue weighted by Crippen LogP contribution is 2.26. The van der Waals surface area contributed by atoms with Gasteiger partial charge in [-0.2, -0.15) is 0 Å². The summed E-state index contributed by atoms with van der Waals surface area (Å²) in [5.74, 6) is 1.49. The summed E-state index contributed by atoms with van der Waals surface area (Å²) in [7, 11) is 1.58. The second-order valence-corrected chi connectivity index (χ2v) is 7.63. The second kappa shape index (κ2) is 8.25. The molecule has 1 atom stereocenters. The van der Waals surface area contributed by atoms with E-state index in [1.54, 1.807) is 25.0 Å². The molecule has 1 fully saturated rings. The van der Waals surface area contributed by atoms with Gasteiger partial charge in [0.15, 0.2) is 5.69 Å². The van der Waals surface area contributed by atoms with E-state index in [-0.39, 0.29) is 30.0 Å². The van der Waals surface area contributed by atoms with Crippen molar-refractivity contribution in [1.82, 2.24) is 15.6 Å². The number of ether oxygens (including phenoxy) is 1. The third kappa shape index (κ3) is 4.03. The number of nitrogens with zero attached hydrogens (tertiary/aromatic N) is 3. The number of hydrogen-bond donors (Lipinski definition) is 1. The molecule has 1 saturated heterocycles.